The number of hydrogen-bond acceptors (Lipinski definition) is 9. The molecule has 0 fully saturated rings. The largest absolute Gasteiger partial charge is 0.481 e. The van der Waals surface area contributed by atoms with E-state index >= 15 is 0 Å². The highest BCUT2D eigenvalue weighted by molar-refractivity contribution is 5.96. The molecule has 0 saturated heterocycles. The summed E-state index contributed by atoms with van der Waals surface area (Å²) in [5.41, 5.74) is 8.17. The van der Waals surface area contributed by atoms with Gasteiger partial charge in [-0.1, -0.05) is 19.0 Å². The third-order valence-electron chi connectivity index (χ3n) is 5.29. The number of ketones is 2. The first-order valence-electron chi connectivity index (χ1n) is 12.6. The van der Waals surface area contributed by atoms with E-state index in [0.717, 1.165) is 6.92 Å². The van der Waals surface area contributed by atoms with E-state index in [2.05, 4.69) is 20.7 Å². The van der Waals surface area contributed by atoms with Crippen molar-refractivity contribution < 1.29 is 48.5 Å². The molecule has 2 amide bonds. The van der Waals surface area contributed by atoms with Gasteiger partial charge in [0.25, 0.3) is 0 Å². The van der Waals surface area contributed by atoms with Gasteiger partial charge >= 0.3 is 11.9 Å². The van der Waals surface area contributed by atoms with Gasteiger partial charge in [0.1, 0.15) is 0 Å². The van der Waals surface area contributed by atoms with Crippen molar-refractivity contribution in [2.24, 2.45) is 17.0 Å². The lowest BCUT2D eigenvalue weighted by Gasteiger charge is -2.24. The molecule has 0 aliphatic carbocycles. The number of Topliss-reactive ketones (excluding diaryl/α,β-unsaturated/α-hetero) is 2. The lowest BCUT2D eigenvalue weighted by molar-refractivity contribution is -0.141. The minimum atomic E-state index is -1.33. The van der Waals surface area contributed by atoms with Crippen molar-refractivity contribution in [1.82, 2.24) is 10.6 Å². The van der Waals surface area contributed by atoms with E-state index in [1.54, 1.807) is 13.8 Å². The molecule has 0 spiro atoms. The average Bonchev–Trinajstić information content (AvgIpc) is 2.82. The normalized spacial score (nSPS) is 13.0. The van der Waals surface area contributed by atoms with Crippen LogP contribution in [-0.4, -0.2) is 90.6 Å². The van der Waals surface area contributed by atoms with Crippen molar-refractivity contribution >= 4 is 35.3 Å². The average molecular weight is 558 g/mol. The van der Waals surface area contributed by atoms with E-state index in [0.29, 0.717) is 0 Å². The monoisotopic (exact) mass is 557 g/mol. The van der Waals surface area contributed by atoms with E-state index in [4.69, 9.17) is 20.1 Å². The molecule has 0 aromatic rings. The number of ether oxygens (including phenoxy) is 2. The summed E-state index contributed by atoms with van der Waals surface area (Å²) in [6.45, 7) is 5.89. The zero-order valence-corrected chi connectivity index (χ0v) is 22.6. The molecule has 0 radical (unpaired) electrons. The van der Waals surface area contributed by atoms with E-state index < -0.39 is 72.6 Å². The molecular formula is C24H39N5O10. The topological polar surface area (TPSA) is 234 Å². The molecule has 0 bridgehead atoms. The molecule has 0 aliphatic heterocycles. The molecule has 0 rings (SSSR count). The maximum Gasteiger partial charge on any atom is 0.305 e. The number of carboxylic acids is 2. The fourth-order valence-electron chi connectivity index (χ4n) is 3.61. The van der Waals surface area contributed by atoms with Gasteiger partial charge in [-0.05, 0) is 24.3 Å². The molecule has 0 aromatic carbocycles. The summed E-state index contributed by atoms with van der Waals surface area (Å²) < 4.78 is 10.5. The highest BCUT2D eigenvalue weighted by Crippen LogP contribution is 2.19. The van der Waals surface area contributed by atoms with Crippen LogP contribution in [0.3, 0.4) is 0 Å². The van der Waals surface area contributed by atoms with Crippen LogP contribution in [0.25, 0.3) is 10.4 Å². The zero-order valence-electron chi connectivity index (χ0n) is 22.6. The van der Waals surface area contributed by atoms with Crippen LogP contribution < -0.4 is 10.6 Å². The second-order valence-corrected chi connectivity index (χ2v) is 9.26. The molecule has 0 aliphatic rings. The number of nitrogens with one attached hydrogen (secondary N) is 2. The lowest BCUT2D eigenvalue weighted by atomic mass is 9.88. The summed E-state index contributed by atoms with van der Waals surface area (Å²) in [5.74, 6) is -6.11. The SMILES string of the molecule is CC(=O)N[C@@H](CC(=O)O)C(=O)C[C@@H](CC(C)C)C(=O)N[C@@H](CC(=O)O)C(=O)CCCOCCOCCN=[N+]=[N-]. The van der Waals surface area contributed by atoms with E-state index in [1.807, 2.05) is 0 Å². The van der Waals surface area contributed by atoms with Gasteiger partial charge in [-0.25, -0.2) is 0 Å². The minimum Gasteiger partial charge on any atom is -0.481 e. The molecule has 0 unspecified atom stereocenters. The Bertz CT molecular complexity index is 873. The number of nitrogens with zero attached hydrogens (tertiary/aromatic N) is 3. The Kier molecular flexibility index (Phi) is 18.6. The van der Waals surface area contributed by atoms with Crippen molar-refractivity contribution in [3.63, 3.8) is 0 Å². The van der Waals surface area contributed by atoms with Crippen LogP contribution in [0.2, 0.25) is 0 Å². The van der Waals surface area contributed by atoms with Gasteiger partial charge < -0.3 is 30.3 Å². The smallest absolute Gasteiger partial charge is 0.305 e. The lowest BCUT2D eigenvalue weighted by Crippen LogP contribution is -2.47. The molecule has 4 N–H and O–H groups in total. The van der Waals surface area contributed by atoms with Crippen LogP contribution in [0.4, 0.5) is 0 Å². The van der Waals surface area contributed by atoms with Crippen LogP contribution in [0.5, 0.6) is 0 Å². The quantitative estimate of drug-likeness (QED) is 0.0607. The van der Waals surface area contributed by atoms with Crippen molar-refractivity contribution in [2.75, 3.05) is 33.0 Å². The predicted octanol–water partition coefficient (Wildman–Crippen LogP) is 1.24. The van der Waals surface area contributed by atoms with Gasteiger partial charge in [-0.15, -0.1) is 0 Å². The number of carbonyl (C=O) groups excluding carboxylic acids is 4. The maximum atomic E-state index is 13.0. The first-order valence-corrected chi connectivity index (χ1v) is 12.6. The van der Waals surface area contributed by atoms with Gasteiger partial charge in [0.05, 0.1) is 44.7 Å². The van der Waals surface area contributed by atoms with Crippen molar-refractivity contribution in [2.45, 2.75) is 71.4 Å². The van der Waals surface area contributed by atoms with Crippen LogP contribution in [0.1, 0.15) is 59.3 Å². The van der Waals surface area contributed by atoms with Crippen LogP contribution in [0.15, 0.2) is 5.11 Å². The van der Waals surface area contributed by atoms with E-state index in [-0.39, 0.29) is 58.2 Å². The zero-order chi connectivity index (χ0) is 29.8. The minimum absolute atomic E-state index is 0.0546. The van der Waals surface area contributed by atoms with Gasteiger partial charge in [0.15, 0.2) is 11.6 Å². The van der Waals surface area contributed by atoms with Gasteiger partial charge in [-0.3, -0.25) is 28.8 Å². The standard InChI is InChI=1S/C24H39N5O10/c1-15(2)11-17(12-21(32)19(14-23(35)36)27-16(3)30)24(37)28-18(13-22(33)34)20(31)5-4-7-38-9-10-39-8-6-26-29-25/h15,17-19H,4-14H2,1-3H3,(H,27,30)(H,28,37)(H,33,34)(H,35,36)/t17-,18+,19+/m1/s1. The molecule has 15 nitrogen and oxygen atoms in total. The van der Waals surface area contributed by atoms with Crippen LogP contribution in [0, 0.1) is 11.8 Å². The fourth-order valence-corrected chi connectivity index (χ4v) is 3.61. The van der Waals surface area contributed by atoms with Gasteiger partial charge in [0, 0.05) is 43.7 Å². The Labute approximate surface area is 226 Å². The van der Waals surface area contributed by atoms with Gasteiger partial charge in [-0.2, -0.15) is 0 Å². The molecule has 15 heteroatoms. The van der Waals surface area contributed by atoms with Crippen LogP contribution in [-0.2, 0) is 38.2 Å². The Hall–Kier alpha value is -3.55. The number of rotatable bonds is 23. The highest BCUT2D eigenvalue weighted by Gasteiger charge is 2.31. The molecule has 0 aromatic heterocycles. The summed E-state index contributed by atoms with van der Waals surface area (Å²) in [6.07, 6.45) is -1.28. The number of carboxylic acid groups (broad SMARTS) is 2. The summed E-state index contributed by atoms with van der Waals surface area (Å²) in [7, 11) is 0. The highest BCUT2D eigenvalue weighted by atomic mass is 16.5. The second-order valence-electron chi connectivity index (χ2n) is 9.26. The summed E-state index contributed by atoms with van der Waals surface area (Å²) in [6, 6.07) is -2.65. The number of azide groups is 1. The first kappa shape index (κ1) is 35.5. The summed E-state index contributed by atoms with van der Waals surface area (Å²) in [4.78, 5) is 75.0. The molecule has 0 saturated carbocycles. The van der Waals surface area contributed by atoms with Crippen molar-refractivity contribution in [1.29, 1.82) is 0 Å². The number of aliphatic carboxylic acids is 2. The molecule has 220 valence electrons. The third kappa shape index (κ3) is 18.4. The molecule has 0 heterocycles. The third-order valence-corrected chi connectivity index (χ3v) is 5.29. The summed E-state index contributed by atoms with van der Waals surface area (Å²) in [5, 5.41) is 26.3. The maximum absolute atomic E-state index is 13.0. The summed E-state index contributed by atoms with van der Waals surface area (Å²) >= 11 is 0. The Morgan fingerprint density at radius 1 is 0.846 bits per heavy atom. The van der Waals surface area contributed by atoms with Gasteiger partial charge in [0.2, 0.25) is 11.8 Å². The molecule has 3 atom stereocenters. The number of carbonyl (C=O) groups is 6. The Morgan fingerprint density at radius 2 is 1.41 bits per heavy atom. The number of amides is 2. The predicted molar refractivity (Wildman–Crippen MR) is 137 cm³/mol. The molecule has 39 heavy (non-hydrogen) atoms. The number of hydrogen-bond donors (Lipinski definition) is 4. The van der Waals surface area contributed by atoms with Crippen molar-refractivity contribution in [3.8, 4) is 0 Å². The van der Waals surface area contributed by atoms with Crippen molar-refractivity contribution in [3.05, 3.63) is 10.4 Å². The Balaban J connectivity index is 5.08. The molecular weight excluding hydrogens is 518 g/mol. The Morgan fingerprint density at radius 3 is 1.92 bits per heavy atom. The second kappa shape index (κ2) is 20.4. The van der Waals surface area contributed by atoms with Crippen LogP contribution >= 0.6 is 0 Å². The van der Waals surface area contributed by atoms with E-state index in [1.165, 1.54) is 0 Å². The van der Waals surface area contributed by atoms with E-state index in [9.17, 15) is 33.9 Å². The fraction of sp³-hybridized carbons (Fsp3) is 0.750. The first-order chi connectivity index (χ1) is 18.4.